The summed E-state index contributed by atoms with van der Waals surface area (Å²) in [7, 11) is 0. The summed E-state index contributed by atoms with van der Waals surface area (Å²) in [5.74, 6) is 0. The van der Waals surface area contributed by atoms with Crippen molar-refractivity contribution in [2.24, 2.45) is 0 Å². The van der Waals surface area contributed by atoms with E-state index in [1.807, 2.05) is 30.3 Å². The van der Waals surface area contributed by atoms with Crippen molar-refractivity contribution >= 4 is 0 Å². The summed E-state index contributed by atoms with van der Waals surface area (Å²) in [6.07, 6.45) is 3.50. The monoisotopic (exact) mass is 192 g/mol. The molecule has 14 heavy (non-hydrogen) atoms. The molecule has 1 aliphatic carbocycles. The van der Waals surface area contributed by atoms with E-state index in [0.717, 1.165) is 18.4 Å². The highest BCUT2D eigenvalue weighted by atomic mass is 16.5. The van der Waals surface area contributed by atoms with Crippen LogP contribution in [0.3, 0.4) is 0 Å². The standard InChI is InChI=1S/C12H16O2/c13-12(9-14-11-7-4-8-11)10-5-2-1-3-6-10/h1-3,5-6,11-13H,4,7-9H2. The predicted molar refractivity (Wildman–Crippen MR) is 55.0 cm³/mol. The van der Waals surface area contributed by atoms with Crippen molar-refractivity contribution in [3.8, 4) is 0 Å². The Morgan fingerprint density at radius 2 is 2.00 bits per heavy atom. The molecule has 1 aromatic rings. The number of hydrogen-bond acceptors (Lipinski definition) is 2. The molecule has 0 bridgehead atoms. The minimum absolute atomic E-state index is 0.397. The first-order valence-electron chi connectivity index (χ1n) is 5.21. The second kappa shape index (κ2) is 4.58. The molecular formula is C12H16O2. The molecule has 2 nitrogen and oxygen atoms in total. The van der Waals surface area contributed by atoms with Crippen molar-refractivity contribution in [3.05, 3.63) is 35.9 Å². The van der Waals surface area contributed by atoms with Crippen molar-refractivity contribution in [2.75, 3.05) is 6.61 Å². The highest BCUT2D eigenvalue weighted by molar-refractivity contribution is 5.17. The van der Waals surface area contributed by atoms with Crippen LogP contribution >= 0.6 is 0 Å². The average Bonchev–Trinajstić information content (AvgIpc) is 2.16. The van der Waals surface area contributed by atoms with Gasteiger partial charge in [-0.3, -0.25) is 0 Å². The summed E-state index contributed by atoms with van der Waals surface area (Å²) in [4.78, 5) is 0. The fraction of sp³-hybridized carbons (Fsp3) is 0.500. The zero-order chi connectivity index (χ0) is 9.80. The molecule has 1 aromatic carbocycles. The lowest BCUT2D eigenvalue weighted by Gasteiger charge is -2.26. The van der Waals surface area contributed by atoms with Crippen molar-refractivity contribution in [3.63, 3.8) is 0 Å². The summed E-state index contributed by atoms with van der Waals surface area (Å²) < 4.78 is 5.54. The Balaban J connectivity index is 1.80. The summed E-state index contributed by atoms with van der Waals surface area (Å²) >= 11 is 0. The van der Waals surface area contributed by atoms with Crippen molar-refractivity contribution < 1.29 is 9.84 Å². The van der Waals surface area contributed by atoms with Gasteiger partial charge in [0.1, 0.15) is 6.10 Å². The number of aliphatic hydroxyl groups is 1. The van der Waals surface area contributed by atoms with Crippen molar-refractivity contribution in [1.29, 1.82) is 0 Å². The topological polar surface area (TPSA) is 29.5 Å². The van der Waals surface area contributed by atoms with Gasteiger partial charge in [-0.25, -0.2) is 0 Å². The summed E-state index contributed by atoms with van der Waals surface area (Å²) in [6.45, 7) is 0.425. The second-order valence-electron chi connectivity index (χ2n) is 3.81. The summed E-state index contributed by atoms with van der Waals surface area (Å²) in [6, 6.07) is 9.66. The van der Waals surface area contributed by atoms with E-state index in [4.69, 9.17) is 4.74 Å². The number of aliphatic hydroxyl groups excluding tert-OH is 1. The van der Waals surface area contributed by atoms with Gasteiger partial charge in [-0.1, -0.05) is 30.3 Å². The van der Waals surface area contributed by atoms with E-state index in [2.05, 4.69) is 0 Å². The Bertz CT molecular complexity index is 267. The number of ether oxygens (including phenoxy) is 1. The van der Waals surface area contributed by atoms with Crippen molar-refractivity contribution in [2.45, 2.75) is 31.5 Å². The maximum atomic E-state index is 9.76. The van der Waals surface area contributed by atoms with Gasteiger partial charge in [-0.2, -0.15) is 0 Å². The van der Waals surface area contributed by atoms with Gasteiger partial charge >= 0.3 is 0 Å². The van der Waals surface area contributed by atoms with Gasteiger partial charge in [0, 0.05) is 0 Å². The van der Waals surface area contributed by atoms with Gasteiger partial charge in [0.05, 0.1) is 12.7 Å². The van der Waals surface area contributed by atoms with E-state index < -0.39 is 6.10 Å². The van der Waals surface area contributed by atoms with E-state index in [9.17, 15) is 5.11 Å². The highest BCUT2D eigenvalue weighted by Gasteiger charge is 2.19. The van der Waals surface area contributed by atoms with Crippen LogP contribution in [0.2, 0.25) is 0 Å². The highest BCUT2D eigenvalue weighted by Crippen LogP contribution is 2.23. The molecule has 0 saturated heterocycles. The van der Waals surface area contributed by atoms with Crippen LogP contribution < -0.4 is 0 Å². The Morgan fingerprint density at radius 1 is 1.29 bits per heavy atom. The molecule has 1 fully saturated rings. The Hall–Kier alpha value is -0.860. The molecule has 1 N–H and O–H groups in total. The van der Waals surface area contributed by atoms with Crippen LogP contribution in [0.1, 0.15) is 30.9 Å². The molecule has 2 heteroatoms. The third-order valence-electron chi connectivity index (χ3n) is 2.73. The van der Waals surface area contributed by atoms with E-state index in [1.54, 1.807) is 0 Å². The molecular weight excluding hydrogens is 176 g/mol. The maximum absolute atomic E-state index is 9.76. The van der Waals surface area contributed by atoms with Gasteiger partial charge in [0.2, 0.25) is 0 Å². The Kier molecular flexibility index (Phi) is 3.17. The fourth-order valence-electron chi connectivity index (χ4n) is 1.54. The van der Waals surface area contributed by atoms with Crippen LogP contribution in [0.15, 0.2) is 30.3 Å². The van der Waals surface area contributed by atoms with Crippen LogP contribution in [0.25, 0.3) is 0 Å². The number of hydrogen-bond donors (Lipinski definition) is 1. The lowest BCUT2D eigenvalue weighted by Crippen LogP contribution is -2.24. The van der Waals surface area contributed by atoms with Gasteiger partial charge in [0.15, 0.2) is 0 Å². The summed E-state index contributed by atoms with van der Waals surface area (Å²) in [5, 5.41) is 9.76. The van der Waals surface area contributed by atoms with E-state index in [0.29, 0.717) is 12.7 Å². The lowest BCUT2D eigenvalue weighted by atomic mass is 9.96. The lowest BCUT2D eigenvalue weighted by molar-refractivity contribution is -0.0426. The van der Waals surface area contributed by atoms with Crippen LogP contribution in [-0.4, -0.2) is 17.8 Å². The SMILES string of the molecule is OC(COC1CCC1)c1ccccc1. The third-order valence-corrected chi connectivity index (χ3v) is 2.73. The first-order valence-corrected chi connectivity index (χ1v) is 5.21. The smallest absolute Gasteiger partial charge is 0.102 e. The minimum atomic E-state index is -0.475. The number of rotatable bonds is 4. The zero-order valence-electron chi connectivity index (χ0n) is 8.23. The molecule has 0 amide bonds. The fourth-order valence-corrected chi connectivity index (χ4v) is 1.54. The van der Waals surface area contributed by atoms with Crippen LogP contribution in [0, 0.1) is 0 Å². The van der Waals surface area contributed by atoms with Crippen LogP contribution in [0.4, 0.5) is 0 Å². The van der Waals surface area contributed by atoms with Gasteiger partial charge < -0.3 is 9.84 Å². The first kappa shape index (κ1) is 9.69. The molecule has 1 saturated carbocycles. The molecule has 76 valence electrons. The molecule has 1 atom stereocenters. The molecule has 0 spiro atoms. The van der Waals surface area contributed by atoms with Crippen LogP contribution in [-0.2, 0) is 4.74 Å². The molecule has 1 unspecified atom stereocenters. The van der Waals surface area contributed by atoms with E-state index in [1.165, 1.54) is 6.42 Å². The van der Waals surface area contributed by atoms with E-state index >= 15 is 0 Å². The molecule has 0 radical (unpaired) electrons. The average molecular weight is 192 g/mol. The predicted octanol–water partition coefficient (Wildman–Crippen LogP) is 2.29. The Labute approximate surface area is 84.5 Å². The molecule has 1 aliphatic rings. The molecule has 2 rings (SSSR count). The second-order valence-corrected chi connectivity index (χ2v) is 3.81. The van der Waals surface area contributed by atoms with E-state index in [-0.39, 0.29) is 0 Å². The zero-order valence-corrected chi connectivity index (χ0v) is 8.23. The third kappa shape index (κ3) is 2.34. The number of benzene rings is 1. The Morgan fingerprint density at radius 3 is 2.57 bits per heavy atom. The molecule has 0 aromatic heterocycles. The molecule has 0 heterocycles. The van der Waals surface area contributed by atoms with Gasteiger partial charge in [0.25, 0.3) is 0 Å². The maximum Gasteiger partial charge on any atom is 0.102 e. The molecule has 0 aliphatic heterocycles. The first-order chi connectivity index (χ1) is 6.86. The quantitative estimate of drug-likeness (QED) is 0.793. The van der Waals surface area contributed by atoms with Crippen LogP contribution in [0.5, 0.6) is 0 Å². The normalized spacial score (nSPS) is 18.9. The van der Waals surface area contributed by atoms with Gasteiger partial charge in [-0.05, 0) is 24.8 Å². The van der Waals surface area contributed by atoms with Gasteiger partial charge in [-0.15, -0.1) is 0 Å². The summed E-state index contributed by atoms with van der Waals surface area (Å²) in [5.41, 5.74) is 0.937. The largest absolute Gasteiger partial charge is 0.386 e. The van der Waals surface area contributed by atoms with Crippen molar-refractivity contribution in [1.82, 2.24) is 0 Å². The minimum Gasteiger partial charge on any atom is -0.386 e.